The molecule has 2 unspecified atom stereocenters. The van der Waals surface area contributed by atoms with E-state index >= 15 is 0 Å². The molecule has 1 aliphatic heterocycles. The number of nitrogens with one attached hydrogen (secondary N) is 1. The maximum atomic E-state index is 13.1. The number of carbonyl (C=O) groups is 2. The largest absolute Gasteiger partial charge is 0.482 e. The van der Waals surface area contributed by atoms with Crippen molar-refractivity contribution in [3.05, 3.63) is 41.4 Å². The minimum Gasteiger partial charge on any atom is -0.482 e. The number of morpholine rings is 1. The summed E-state index contributed by atoms with van der Waals surface area (Å²) in [5, 5.41) is 2.88. The molecule has 1 saturated heterocycles. The topological polar surface area (TPSA) is 58.6 Å². The van der Waals surface area contributed by atoms with E-state index < -0.39 is 0 Å². The summed E-state index contributed by atoms with van der Waals surface area (Å²) >= 11 is 0. The predicted octanol–water partition coefficient (Wildman–Crippen LogP) is 3.25. The molecule has 5 nitrogen and oxygen atoms in total. The number of hydrogen-bond acceptors (Lipinski definition) is 3. The molecule has 1 aliphatic carbocycles. The van der Waals surface area contributed by atoms with Crippen LogP contribution in [0.3, 0.4) is 0 Å². The second kappa shape index (κ2) is 9.02. The van der Waals surface area contributed by atoms with Crippen molar-refractivity contribution in [2.45, 2.75) is 57.6 Å². The lowest BCUT2D eigenvalue weighted by Gasteiger charge is -2.44. The van der Waals surface area contributed by atoms with Crippen LogP contribution in [0.1, 0.15) is 51.0 Å². The van der Waals surface area contributed by atoms with Gasteiger partial charge in [0.15, 0.2) is 5.76 Å². The summed E-state index contributed by atoms with van der Waals surface area (Å²) < 4.78 is 19.1. The van der Waals surface area contributed by atoms with Gasteiger partial charge in [-0.3, -0.25) is 9.59 Å². The van der Waals surface area contributed by atoms with Crippen LogP contribution in [0.2, 0.25) is 0 Å². The summed E-state index contributed by atoms with van der Waals surface area (Å²) in [5.41, 5.74) is 0.696. The summed E-state index contributed by atoms with van der Waals surface area (Å²) in [5.74, 6) is -0.505. The Hall–Kier alpha value is -2.37. The first-order valence-corrected chi connectivity index (χ1v) is 9.80. The molecule has 1 aromatic carbocycles. The van der Waals surface area contributed by atoms with Gasteiger partial charge in [-0.25, -0.2) is 4.39 Å². The number of ether oxygens (including phenoxy) is 1. The normalized spacial score (nSPS) is 23.7. The number of halogens is 1. The summed E-state index contributed by atoms with van der Waals surface area (Å²) in [6.45, 7) is 2.74. The van der Waals surface area contributed by atoms with E-state index in [9.17, 15) is 14.0 Å². The predicted molar refractivity (Wildman–Crippen MR) is 101 cm³/mol. The van der Waals surface area contributed by atoms with Crippen LogP contribution in [0.25, 0.3) is 6.08 Å². The second-order valence-electron chi connectivity index (χ2n) is 7.20. The van der Waals surface area contributed by atoms with Gasteiger partial charge in [-0.05, 0) is 49.5 Å². The second-order valence-corrected chi connectivity index (χ2v) is 7.20. The third kappa shape index (κ3) is 4.87. The first kappa shape index (κ1) is 19.4. The van der Waals surface area contributed by atoms with Crippen molar-refractivity contribution in [1.29, 1.82) is 0 Å². The number of rotatable bonds is 6. The van der Waals surface area contributed by atoms with Gasteiger partial charge in [0.25, 0.3) is 5.91 Å². The Morgan fingerprint density at radius 2 is 2.04 bits per heavy atom. The quantitative estimate of drug-likeness (QED) is 0.614. The van der Waals surface area contributed by atoms with Crippen molar-refractivity contribution >= 4 is 17.9 Å². The minimum absolute atomic E-state index is 0.0494. The Morgan fingerprint density at radius 3 is 2.78 bits per heavy atom. The lowest BCUT2D eigenvalue weighted by molar-refractivity contribution is -0.151. The van der Waals surface area contributed by atoms with Crippen LogP contribution in [0.5, 0.6) is 0 Å². The third-order valence-corrected chi connectivity index (χ3v) is 5.15. The molecule has 0 aromatic heterocycles. The monoisotopic (exact) mass is 374 g/mol. The van der Waals surface area contributed by atoms with Crippen molar-refractivity contribution in [3.8, 4) is 0 Å². The SMILES string of the molecule is CCCCNC(=O)CN1C(=O)/C(=C\c2ccc(F)cc2)OC2CCCCC21. The van der Waals surface area contributed by atoms with E-state index in [0.717, 1.165) is 38.5 Å². The molecule has 0 radical (unpaired) electrons. The molecule has 0 spiro atoms. The molecule has 2 fully saturated rings. The molecule has 1 N–H and O–H groups in total. The fourth-order valence-corrected chi connectivity index (χ4v) is 3.69. The van der Waals surface area contributed by atoms with E-state index in [4.69, 9.17) is 4.74 Å². The summed E-state index contributed by atoms with van der Waals surface area (Å²) in [6, 6.07) is 5.85. The van der Waals surface area contributed by atoms with Crippen LogP contribution in [-0.4, -0.2) is 41.9 Å². The molecule has 2 atom stereocenters. The van der Waals surface area contributed by atoms with E-state index in [0.29, 0.717) is 12.1 Å². The van der Waals surface area contributed by atoms with Crippen molar-refractivity contribution in [3.63, 3.8) is 0 Å². The van der Waals surface area contributed by atoms with Crippen LogP contribution in [-0.2, 0) is 14.3 Å². The van der Waals surface area contributed by atoms with E-state index in [1.54, 1.807) is 23.1 Å². The maximum absolute atomic E-state index is 13.1. The zero-order valence-electron chi connectivity index (χ0n) is 15.7. The van der Waals surface area contributed by atoms with Gasteiger partial charge in [-0.2, -0.15) is 0 Å². The van der Waals surface area contributed by atoms with Crippen molar-refractivity contribution in [2.24, 2.45) is 0 Å². The first-order chi connectivity index (χ1) is 13.1. The average Bonchev–Trinajstić information content (AvgIpc) is 2.67. The van der Waals surface area contributed by atoms with Gasteiger partial charge >= 0.3 is 0 Å². The van der Waals surface area contributed by atoms with Gasteiger partial charge in [0, 0.05) is 6.54 Å². The Morgan fingerprint density at radius 1 is 1.30 bits per heavy atom. The average molecular weight is 374 g/mol. The molecule has 2 amide bonds. The van der Waals surface area contributed by atoms with Crippen LogP contribution < -0.4 is 5.32 Å². The third-order valence-electron chi connectivity index (χ3n) is 5.15. The molecular weight excluding hydrogens is 347 g/mol. The molecule has 1 heterocycles. The highest BCUT2D eigenvalue weighted by Crippen LogP contribution is 2.33. The zero-order chi connectivity index (χ0) is 19.2. The standard InChI is InChI=1S/C21H27FN2O3/c1-2-3-12-23-20(25)14-24-17-6-4-5-7-18(17)27-19(21(24)26)13-15-8-10-16(22)11-9-15/h8-11,13,17-18H,2-7,12,14H2,1H3,(H,23,25)/b19-13+. The number of nitrogens with zero attached hydrogens (tertiary/aromatic N) is 1. The molecule has 27 heavy (non-hydrogen) atoms. The first-order valence-electron chi connectivity index (χ1n) is 9.80. The van der Waals surface area contributed by atoms with Gasteiger partial charge < -0.3 is 15.0 Å². The van der Waals surface area contributed by atoms with Crippen molar-refractivity contribution in [1.82, 2.24) is 10.2 Å². The lowest BCUT2D eigenvalue weighted by atomic mass is 9.89. The number of unbranched alkanes of at least 4 members (excludes halogenated alkanes) is 1. The van der Waals surface area contributed by atoms with Gasteiger partial charge in [-0.15, -0.1) is 0 Å². The lowest BCUT2D eigenvalue weighted by Crippen LogP contribution is -2.57. The van der Waals surface area contributed by atoms with E-state index in [-0.39, 0.29) is 42.1 Å². The Bertz CT molecular complexity index is 702. The highest BCUT2D eigenvalue weighted by atomic mass is 19.1. The maximum Gasteiger partial charge on any atom is 0.289 e. The van der Waals surface area contributed by atoms with Crippen LogP contribution in [0.4, 0.5) is 4.39 Å². The number of carbonyl (C=O) groups excluding carboxylic acids is 2. The minimum atomic E-state index is -0.328. The summed E-state index contributed by atoms with van der Waals surface area (Å²) in [7, 11) is 0. The summed E-state index contributed by atoms with van der Waals surface area (Å²) in [6.07, 6.45) is 7.27. The van der Waals surface area contributed by atoms with Crippen LogP contribution in [0.15, 0.2) is 30.0 Å². The van der Waals surface area contributed by atoms with Gasteiger partial charge in [0.1, 0.15) is 18.5 Å². The Labute approximate surface area is 159 Å². The molecule has 0 bridgehead atoms. The van der Waals surface area contributed by atoms with Crippen LogP contribution in [0, 0.1) is 5.82 Å². The molecular formula is C21H27FN2O3. The molecule has 146 valence electrons. The molecule has 6 heteroatoms. The number of hydrogen-bond donors (Lipinski definition) is 1. The number of fused-ring (bicyclic) bond motifs is 1. The number of amides is 2. The molecule has 2 aliphatic rings. The van der Waals surface area contributed by atoms with E-state index in [1.807, 2.05) is 0 Å². The number of benzene rings is 1. The van der Waals surface area contributed by atoms with E-state index in [2.05, 4.69) is 12.2 Å². The van der Waals surface area contributed by atoms with Crippen molar-refractivity contribution < 1.29 is 18.7 Å². The van der Waals surface area contributed by atoms with Crippen LogP contribution >= 0.6 is 0 Å². The Kier molecular flexibility index (Phi) is 6.48. The molecule has 3 rings (SSSR count). The van der Waals surface area contributed by atoms with Gasteiger partial charge in [0.05, 0.1) is 6.04 Å². The molecule has 1 saturated carbocycles. The summed E-state index contributed by atoms with van der Waals surface area (Å²) in [4.78, 5) is 27.0. The van der Waals surface area contributed by atoms with Gasteiger partial charge in [-0.1, -0.05) is 31.9 Å². The Balaban J connectivity index is 1.77. The van der Waals surface area contributed by atoms with Gasteiger partial charge in [0.2, 0.25) is 5.91 Å². The highest BCUT2D eigenvalue weighted by Gasteiger charge is 2.42. The van der Waals surface area contributed by atoms with E-state index in [1.165, 1.54) is 12.1 Å². The highest BCUT2D eigenvalue weighted by molar-refractivity contribution is 5.98. The smallest absolute Gasteiger partial charge is 0.289 e. The fraction of sp³-hybridized carbons (Fsp3) is 0.524. The fourth-order valence-electron chi connectivity index (χ4n) is 3.69. The zero-order valence-corrected chi connectivity index (χ0v) is 15.7. The van der Waals surface area contributed by atoms with Crippen molar-refractivity contribution in [2.75, 3.05) is 13.1 Å². The molecule has 1 aromatic rings.